The van der Waals surface area contributed by atoms with Gasteiger partial charge in [0.25, 0.3) is 0 Å². The van der Waals surface area contributed by atoms with Crippen LogP contribution in [0.4, 0.5) is 0 Å². The number of nitrogens with zero attached hydrogens (tertiary/aromatic N) is 3. The highest BCUT2D eigenvalue weighted by Gasteiger charge is 2.36. The summed E-state index contributed by atoms with van der Waals surface area (Å²) in [4.78, 5) is 18.8. The van der Waals surface area contributed by atoms with Gasteiger partial charge in [-0.05, 0) is 42.1 Å². The number of furan rings is 1. The molecule has 0 bridgehead atoms. The van der Waals surface area contributed by atoms with Gasteiger partial charge in [0.05, 0.1) is 28.4 Å². The van der Waals surface area contributed by atoms with Crippen molar-refractivity contribution in [3.63, 3.8) is 0 Å². The molecule has 144 valence electrons. The van der Waals surface area contributed by atoms with Crippen molar-refractivity contribution < 1.29 is 9.21 Å². The van der Waals surface area contributed by atoms with Crippen LogP contribution in [0.2, 0.25) is 5.15 Å². The minimum absolute atomic E-state index is 0.242. The highest BCUT2D eigenvalue weighted by atomic mass is 35.5. The molecule has 4 aromatic rings. The van der Waals surface area contributed by atoms with Crippen LogP contribution in [0.1, 0.15) is 39.0 Å². The number of thiophene rings is 1. The SMILES string of the molecule is Cc1cccc2cc(C3CC(c4cccs4)=NN3C(=O)c3ccco3)c(Cl)nc12. The van der Waals surface area contributed by atoms with E-state index in [1.807, 2.05) is 48.7 Å². The van der Waals surface area contributed by atoms with E-state index < -0.39 is 0 Å². The van der Waals surface area contributed by atoms with Crippen LogP contribution < -0.4 is 0 Å². The van der Waals surface area contributed by atoms with Crippen molar-refractivity contribution in [2.45, 2.75) is 19.4 Å². The molecule has 1 aliphatic heterocycles. The van der Waals surface area contributed by atoms with E-state index in [4.69, 9.17) is 16.0 Å². The van der Waals surface area contributed by atoms with Crippen molar-refractivity contribution in [1.29, 1.82) is 0 Å². The lowest BCUT2D eigenvalue weighted by Gasteiger charge is -2.22. The average Bonchev–Trinajstić information content (AvgIpc) is 3.48. The van der Waals surface area contributed by atoms with Crippen LogP contribution in [-0.2, 0) is 0 Å². The largest absolute Gasteiger partial charge is 0.459 e. The number of carbonyl (C=O) groups is 1. The Bertz CT molecular complexity index is 1230. The molecule has 7 heteroatoms. The summed E-state index contributed by atoms with van der Waals surface area (Å²) >= 11 is 8.20. The van der Waals surface area contributed by atoms with Gasteiger partial charge in [-0.25, -0.2) is 9.99 Å². The van der Waals surface area contributed by atoms with Gasteiger partial charge in [-0.15, -0.1) is 11.3 Å². The van der Waals surface area contributed by atoms with E-state index in [1.165, 1.54) is 11.3 Å². The summed E-state index contributed by atoms with van der Waals surface area (Å²) in [7, 11) is 0. The highest BCUT2D eigenvalue weighted by Crippen LogP contribution is 2.38. The zero-order chi connectivity index (χ0) is 20.0. The molecule has 0 N–H and O–H groups in total. The summed E-state index contributed by atoms with van der Waals surface area (Å²) in [6.45, 7) is 2.01. The van der Waals surface area contributed by atoms with Crippen molar-refractivity contribution in [2.75, 3.05) is 0 Å². The Balaban J connectivity index is 1.62. The summed E-state index contributed by atoms with van der Waals surface area (Å²) in [6.07, 6.45) is 2.04. The molecule has 4 heterocycles. The number of carbonyl (C=O) groups excluding carboxylic acids is 1. The zero-order valence-corrected chi connectivity index (χ0v) is 17.1. The van der Waals surface area contributed by atoms with Gasteiger partial charge >= 0.3 is 5.91 Å². The maximum absolute atomic E-state index is 13.1. The lowest BCUT2D eigenvalue weighted by Crippen LogP contribution is -2.27. The van der Waals surface area contributed by atoms with E-state index >= 15 is 0 Å². The number of halogens is 1. The fourth-order valence-corrected chi connectivity index (χ4v) is 4.61. The standard InChI is InChI=1S/C22H16ClN3O2S/c1-13-5-2-6-14-11-15(21(23)24-20(13)14)17-12-16(19-8-4-10-29-19)25-26(17)22(27)18-7-3-9-28-18/h2-11,17H,12H2,1H3. The second-order valence-corrected chi connectivity index (χ2v) is 8.19. The first-order valence-corrected chi connectivity index (χ1v) is 10.4. The molecular weight excluding hydrogens is 406 g/mol. The van der Waals surface area contributed by atoms with E-state index in [1.54, 1.807) is 23.5 Å². The summed E-state index contributed by atoms with van der Waals surface area (Å²) in [5.74, 6) is -0.0566. The van der Waals surface area contributed by atoms with E-state index in [2.05, 4.69) is 10.1 Å². The smallest absolute Gasteiger partial charge is 0.310 e. The molecular formula is C22H16ClN3O2S. The predicted molar refractivity (Wildman–Crippen MR) is 115 cm³/mol. The van der Waals surface area contributed by atoms with Gasteiger partial charge in [0.15, 0.2) is 5.76 Å². The van der Waals surface area contributed by atoms with Gasteiger partial charge in [0, 0.05) is 17.4 Å². The first kappa shape index (κ1) is 18.1. The third-order valence-electron chi connectivity index (χ3n) is 5.04. The van der Waals surface area contributed by atoms with Crippen LogP contribution in [0.5, 0.6) is 0 Å². The number of amides is 1. The molecule has 5 nitrogen and oxygen atoms in total. The second kappa shape index (κ2) is 7.13. The second-order valence-electron chi connectivity index (χ2n) is 6.89. The number of aryl methyl sites for hydroxylation is 1. The molecule has 0 radical (unpaired) electrons. The molecule has 29 heavy (non-hydrogen) atoms. The number of pyridine rings is 1. The average molecular weight is 422 g/mol. The number of hydrogen-bond acceptors (Lipinski definition) is 5. The Morgan fingerprint density at radius 1 is 1.24 bits per heavy atom. The monoisotopic (exact) mass is 421 g/mol. The third-order valence-corrected chi connectivity index (χ3v) is 6.26. The summed E-state index contributed by atoms with van der Waals surface area (Å²) < 4.78 is 5.33. The number of hydrazone groups is 1. The summed E-state index contributed by atoms with van der Waals surface area (Å²) in [6, 6.07) is 15.0. The quantitative estimate of drug-likeness (QED) is 0.390. The fourth-order valence-electron chi connectivity index (χ4n) is 3.62. The van der Waals surface area contributed by atoms with Crippen molar-refractivity contribution >= 4 is 45.5 Å². The van der Waals surface area contributed by atoms with Crippen LogP contribution in [0.3, 0.4) is 0 Å². The number of fused-ring (bicyclic) bond motifs is 1. The van der Waals surface area contributed by atoms with E-state index in [0.717, 1.165) is 32.6 Å². The summed E-state index contributed by atoms with van der Waals surface area (Å²) in [5, 5.41) is 9.49. The van der Waals surface area contributed by atoms with E-state index in [-0.39, 0.29) is 17.7 Å². The van der Waals surface area contributed by atoms with Crippen molar-refractivity contribution in [3.8, 4) is 0 Å². The first-order chi connectivity index (χ1) is 14.1. The first-order valence-electron chi connectivity index (χ1n) is 9.16. The molecule has 0 aliphatic carbocycles. The fraction of sp³-hybridized carbons (Fsp3) is 0.136. The molecule has 1 aromatic carbocycles. The van der Waals surface area contributed by atoms with Gasteiger partial charge in [-0.3, -0.25) is 4.79 Å². The number of hydrogen-bond donors (Lipinski definition) is 0. The van der Waals surface area contributed by atoms with Crippen LogP contribution in [-0.4, -0.2) is 21.6 Å². The molecule has 0 spiro atoms. The van der Waals surface area contributed by atoms with Crippen molar-refractivity contribution in [1.82, 2.24) is 9.99 Å². The van der Waals surface area contributed by atoms with E-state index in [9.17, 15) is 4.79 Å². The van der Waals surface area contributed by atoms with Gasteiger partial charge < -0.3 is 4.42 Å². The number of rotatable bonds is 3. The van der Waals surface area contributed by atoms with Crippen LogP contribution in [0, 0.1) is 6.92 Å². The Morgan fingerprint density at radius 2 is 2.14 bits per heavy atom. The molecule has 0 saturated heterocycles. The maximum atomic E-state index is 13.1. The summed E-state index contributed by atoms with van der Waals surface area (Å²) in [5.41, 5.74) is 3.55. The van der Waals surface area contributed by atoms with Gasteiger partial charge in [-0.1, -0.05) is 35.9 Å². The predicted octanol–water partition coefficient (Wildman–Crippen LogP) is 5.84. The number of benzene rings is 1. The van der Waals surface area contributed by atoms with Crippen LogP contribution >= 0.6 is 22.9 Å². The Labute approximate surface area is 176 Å². The number of para-hydroxylation sites is 1. The lowest BCUT2D eigenvalue weighted by molar-refractivity contribution is 0.0678. The number of aromatic nitrogens is 1. The lowest BCUT2D eigenvalue weighted by atomic mass is 10.00. The van der Waals surface area contributed by atoms with Gasteiger partial charge in [0.1, 0.15) is 5.15 Å². The topological polar surface area (TPSA) is 58.7 Å². The van der Waals surface area contributed by atoms with Gasteiger partial charge in [0.2, 0.25) is 0 Å². The maximum Gasteiger partial charge on any atom is 0.310 e. The van der Waals surface area contributed by atoms with Crippen LogP contribution in [0.25, 0.3) is 10.9 Å². The molecule has 1 amide bonds. The molecule has 5 rings (SSSR count). The van der Waals surface area contributed by atoms with E-state index in [0.29, 0.717) is 11.6 Å². The normalized spacial score (nSPS) is 16.4. The Kier molecular flexibility index (Phi) is 4.45. The molecule has 1 atom stereocenters. The third kappa shape index (κ3) is 3.14. The zero-order valence-electron chi connectivity index (χ0n) is 15.5. The minimum atomic E-state index is -0.352. The highest BCUT2D eigenvalue weighted by molar-refractivity contribution is 7.12. The minimum Gasteiger partial charge on any atom is -0.459 e. The van der Waals surface area contributed by atoms with Crippen molar-refractivity contribution in [3.05, 3.63) is 87.1 Å². The molecule has 1 aliphatic rings. The molecule has 1 unspecified atom stereocenters. The Morgan fingerprint density at radius 3 is 2.90 bits per heavy atom. The molecule has 0 saturated carbocycles. The molecule has 3 aromatic heterocycles. The molecule has 0 fully saturated rings. The van der Waals surface area contributed by atoms with Crippen LogP contribution in [0.15, 0.2) is 69.7 Å². The van der Waals surface area contributed by atoms with Crippen molar-refractivity contribution in [2.24, 2.45) is 5.10 Å². The Hall–Kier alpha value is -2.96. The van der Waals surface area contributed by atoms with Gasteiger partial charge in [-0.2, -0.15) is 5.10 Å².